The number of amides is 1. The van der Waals surface area contributed by atoms with Crippen molar-refractivity contribution in [1.82, 2.24) is 14.6 Å². The zero-order valence-corrected chi connectivity index (χ0v) is 22.1. The first-order valence-electron chi connectivity index (χ1n) is 10.9. The van der Waals surface area contributed by atoms with Gasteiger partial charge in [0.15, 0.2) is 5.76 Å². The highest BCUT2D eigenvalue weighted by Gasteiger charge is 2.48. The van der Waals surface area contributed by atoms with Crippen LogP contribution in [-0.2, 0) is 45.9 Å². The predicted molar refractivity (Wildman–Crippen MR) is 137 cm³/mol. The highest BCUT2D eigenvalue weighted by Crippen LogP contribution is 2.62. The van der Waals surface area contributed by atoms with E-state index in [0.717, 1.165) is 15.7 Å². The van der Waals surface area contributed by atoms with Gasteiger partial charge in [-0.05, 0) is 34.4 Å². The van der Waals surface area contributed by atoms with E-state index >= 15 is 0 Å². The second-order valence-electron chi connectivity index (χ2n) is 8.17. The monoisotopic (exact) mass is 564 g/mol. The quantitative estimate of drug-likeness (QED) is 0.154. The lowest BCUT2D eigenvalue weighted by Crippen LogP contribution is -2.31. The van der Waals surface area contributed by atoms with Gasteiger partial charge in [-0.25, -0.2) is 38.1 Å². The average Bonchev–Trinajstić information content (AvgIpc) is 3.54. The van der Waals surface area contributed by atoms with Gasteiger partial charge in [-0.1, -0.05) is 18.2 Å². The van der Waals surface area contributed by atoms with Crippen molar-refractivity contribution in [2.24, 2.45) is 15.8 Å². The Morgan fingerprint density at radius 1 is 1.16 bits per heavy atom. The molecule has 1 saturated heterocycles. The van der Waals surface area contributed by atoms with Gasteiger partial charge in [-0.15, -0.1) is 0 Å². The third kappa shape index (κ3) is 5.47. The van der Waals surface area contributed by atoms with Gasteiger partial charge < -0.3 is 18.1 Å². The number of carbonyl (C=O) groups excluding carboxylic acids is 3. The van der Waals surface area contributed by atoms with E-state index in [1.165, 1.54) is 32.5 Å². The van der Waals surface area contributed by atoms with Crippen molar-refractivity contribution in [2.45, 2.75) is 24.9 Å². The number of rotatable bonds is 8. The van der Waals surface area contributed by atoms with Crippen LogP contribution in [0.1, 0.15) is 24.0 Å². The molecule has 0 atom stereocenters. The maximum absolute atomic E-state index is 12.7. The molecule has 3 N–H and O–H groups in total. The summed E-state index contributed by atoms with van der Waals surface area (Å²) in [6, 6.07) is 9.56. The first-order valence-corrected chi connectivity index (χ1v) is 13.9. The van der Waals surface area contributed by atoms with Crippen LogP contribution in [0.5, 0.6) is 0 Å². The van der Waals surface area contributed by atoms with Crippen molar-refractivity contribution < 1.29 is 35.6 Å². The fourth-order valence-electron chi connectivity index (χ4n) is 3.31. The molecule has 0 radical (unpaired) electrons. The van der Waals surface area contributed by atoms with Crippen molar-refractivity contribution in [3.63, 3.8) is 0 Å². The third-order valence-corrected chi connectivity index (χ3v) is 9.08. The van der Waals surface area contributed by atoms with E-state index in [1.807, 2.05) is 0 Å². The number of amidine groups is 1. The normalized spacial score (nSPS) is 17.4. The van der Waals surface area contributed by atoms with Crippen LogP contribution in [0, 0.1) is 0 Å². The Morgan fingerprint density at radius 3 is 2.50 bits per heavy atom. The second-order valence-corrected chi connectivity index (χ2v) is 12.3. The molecule has 2 aromatic rings. The summed E-state index contributed by atoms with van der Waals surface area (Å²) >= 11 is 0. The number of carbonyl (C=O) groups is 3. The van der Waals surface area contributed by atoms with Gasteiger partial charge in [0.25, 0.3) is 5.17 Å². The molecule has 202 valence electrons. The van der Waals surface area contributed by atoms with Crippen LogP contribution < -0.4 is 11.2 Å². The summed E-state index contributed by atoms with van der Waals surface area (Å²) in [5, 5.41) is 4.90. The highest BCUT2D eigenvalue weighted by atomic mass is 32.3. The molecule has 0 saturated carbocycles. The lowest BCUT2D eigenvalue weighted by molar-refractivity contribution is -0.150. The summed E-state index contributed by atoms with van der Waals surface area (Å²) in [5.41, 5.74) is 0.597. The molecule has 1 fully saturated rings. The number of aliphatic imine (C=N–C) groups is 2. The Morgan fingerprint density at radius 2 is 1.84 bits per heavy atom. The number of nitrogens with two attached hydrogens (primary N) is 1. The lowest BCUT2D eigenvalue weighted by Gasteiger charge is -2.26. The number of furan rings is 1. The SMILES string of the molecule is CC(=O)NCc1ccc(C2=CS3(OC(=O)C(=O)O3)C(/N=C/N(N)Cc3ccccc3S(=O)(=O)N(C)C)=N2)o1. The average molecular weight is 565 g/mol. The summed E-state index contributed by atoms with van der Waals surface area (Å²) < 4.78 is 42.5. The number of nitrogens with one attached hydrogen (secondary N) is 1. The van der Waals surface area contributed by atoms with Crippen LogP contribution in [0.4, 0.5) is 0 Å². The Labute approximate surface area is 219 Å². The molecule has 0 unspecified atom stereocenters. The van der Waals surface area contributed by atoms with Gasteiger partial charge in [0.2, 0.25) is 15.9 Å². The molecule has 1 amide bonds. The zero-order valence-electron chi connectivity index (χ0n) is 20.5. The van der Waals surface area contributed by atoms with E-state index in [0.29, 0.717) is 11.3 Å². The second kappa shape index (κ2) is 10.4. The third-order valence-electron chi connectivity index (χ3n) is 5.13. The van der Waals surface area contributed by atoms with Gasteiger partial charge in [-0.3, -0.25) is 9.80 Å². The molecule has 1 spiro atoms. The van der Waals surface area contributed by atoms with E-state index in [9.17, 15) is 22.8 Å². The van der Waals surface area contributed by atoms with E-state index in [2.05, 4.69) is 15.3 Å². The van der Waals surface area contributed by atoms with Crippen LogP contribution in [-0.4, -0.2) is 61.2 Å². The fraction of sp³-hybridized carbons (Fsp3) is 0.227. The van der Waals surface area contributed by atoms with Crippen molar-refractivity contribution >= 4 is 55.7 Å². The fourth-order valence-corrected chi connectivity index (χ4v) is 6.27. The maximum Gasteiger partial charge on any atom is 0.442 e. The molecule has 4 rings (SSSR count). The Hall–Kier alpha value is -3.99. The molecular weight excluding hydrogens is 540 g/mol. The standard InChI is InChI=1S/C22H24N6O8S2/c1-14(29)24-10-16-8-9-18(34-16)17-12-37(35-20(30)21(31)36-37)22(26-17)25-13-28(23)11-15-6-4-5-7-19(15)38(32,33)27(2)3/h4-9,12-13H,10-11,23H2,1-3H3,(H,24,29)/b25-13+. The van der Waals surface area contributed by atoms with Crippen molar-refractivity contribution in [3.8, 4) is 0 Å². The van der Waals surface area contributed by atoms with Crippen LogP contribution in [0.2, 0.25) is 0 Å². The van der Waals surface area contributed by atoms with Crippen molar-refractivity contribution in [2.75, 3.05) is 14.1 Å². The van der Waals surface area contributed by atoms with Gasteiger partial charge in [0.05, 0.1) is 23.4 Å². The largest absolute Gasteiger partial charge is 0.458 e. The number of nitrogens with zero attached hydrogens (tertiary/aromatic N) is 4. The zero-order chi connectivity index (χ0) is 27.7. The van der Waals surface area contributed by atoms with Crippen LogP contribution in [0.3, 0.4) is 0 Å². The Bertz CT molecular complexity index is 1480. The van der Waals surface area contributed by atoms with Crippen LogP contribution in [0.15, 0.2) is 61.1 Å². The van der Waals surface area contributed by atoms with Gasteiger partial charge in [0, 0.05) is 21.0 Å². The van der Waals surface area contributed by atoms with Crippen molar-refractivity contribution in [3.05, 3.63) is 58.9 Å². The molecule has 14 nitrogen and oxygen atoms in total. The number of hydrogen-bond donors (Lipinski definition) is 2. The summed E-state index contributed by atoms with van der Waals surface area (Å²) in [7, 11) is -4.00. The van der Waals surface area contributed by atoms with Crippen molar-refractivity contribution in [1.29, 1.82) is 0 Å². The molecule has 3 heterocycles. The van der Waals surface area contributed by atoms with E-state index in [1.54, 1.807) is 30.3 Å². The van der Waals surface area contributed by atoms with Gasteiger partial charge >= 0.3 is 11.9 Å². The minimum Gasteiger partial charge on any atom is -0.458 e. The molecule has 2 aliphatic rings. The first kappa shape index (κ1) is 27.1. The predicted octanol–water partition coefficient (Wildman–Crippen LogP) is 0.973. The maximum atomic E-state index is 12.7. The lowest BCUT2D eigenvalue weighted by atomic mass is 10.2. The van der Waals surface area contributed by atoms with Crippen LogP contribution in [0.25, 0.3) is 5.70 Å². The number of sulfonamides is 1. The topological polar surface area (TPSA) is 186 Å². The minimum atomic E-state index is -3.73. The molecule has 16 heteroatoms. The molecule has 0 aliphatic carbocycles. The number of hydrogen-bond acceptors (Lipinski definition) is 11. The molecule has 38 heavy (non-hydrogen) atoms. The van der Waals surface area contributed by atoms with Gasteiger partial charge in [-0.2, -0.15) is 0 Å². The van der Waals surface area contributed by atoms with Gasteiger partial charge in [0.1, 0.15) is 17.8 Å². The van der Waals surface area contributed by atoms with E-state index in [-0.39, 0.29) is 40.5 Å². The minimum absolute atomic E-state index is 0.0487. The molecule has 0 bridgehead atoms. The number of hydrazine groups is 1. The summed E-state index contributed by atoms with van der Waals surface area (Å²) in [6.07, 6.45) is 1.15. The smallest absolute Gasteiger partial charge is 0.442 e. The molecule has 1 aromatic heterocycles. The Kier molecular flexibility index (Phi) is 7.41. The number of benzene rings is 1. The summed E-state index contributed by atoms with van der Waals surface area (Å²) in [5.74, 6) is 4.13. The van der Waals surface area contributed by atoms with E-state index < -0.39 is 32.6 Å². The molecule has 2 aliphatic heterocycles. The molecular formula is C22H24N6O8S2. The molecule has 1 aromatic carbocycles. The Balaban J connectivity index is 1.59. The highest BCUT2D eigenvalue weighted by molar-refractivity contribution is 8.41. The van der Waals surface area contributed by atoms with Crippen LogP contribution >= 0.6 is 10.6 Å². The summed E-state index contributed by atoms with van der Waals surface area (Å²) in [4.78, 5) is 43.5. The summed E-state index contributed by atoms with van der Waals surface area (Å²) in [6.45, 7) is 1.47. The van der Waals surface area contributed by atoms with E-state index in [4.69, 9.17) is 18.6 Å². The first-order chi connectivity index (χ1) is 17.9.